The molecule has 15 heavy (non-hydrogen) atoms. The first-order valence-electron chi connectivity index (χ1n) is 5.79. The van der Waals surface area contributed by atoms with E-state index in [0.717, 1.165) is 13.0 Å². The van der Waals surface area contributed by atoms with E-state index in [1.165, 1.54) is 19.8 Å². The highest BCUT2D eigenvalue weighted by molar-refractivity contribution is 5.66. The van der Waals surface area contributed by atoms with E-state index >= 15 is 0 Å². The molecule has 1 atom stereocenters. The Balaban J connectivity index is 2.23. The van der Waals surface area contributed by atoms with E-state index < -0.39 is 0 Å². The van der Waals surface area contributed by atoms with Crippen molar-refractivity contribution in [1.82, 2.24) is 5.32 Å². The number of ether oxygens (including phenoxy) is 1. The second kappa shape index (κ2) is 4.97. The molecule has 1 aliphatic carbocycles. The van der Waals surface area contributed by atoms with E-state index in [-0.39, 0.29) is 12.2 Å². The summed E-state index contributed by atoms with van der Waals surface area (Å²) in [6.07, 6.45) is 3.41. The summed E-state index contributed by atoms with van der Waals surface area (Å²) in [7, 11) is 0. The van der Waals surface area contributed by atoms with E-state index in [1.807, 2.05) is 0 Å². The summed E-state index contributed by atoms with van der Waals surface area (Å²) in [4.78, 5) is 10.9. The van der Waals surface area contributed by atoms with Crippen LogP contribution < -0.4 is 5.32 Å². The molecular formula is C12H23NO2. The average Bonchev–Trinajstić information content (AvgIpc) is 2.81. The van der Waals surface area contributed by atoms with Gasteiger partial charge in [-0.15, -0.1) is 0 Å². The minimum Gasteiger partial charge on any atom is -0.446 e. The molecule has 88 valence electrons. The van der Waals surface area contributed by atoms with Crippen LogP contribution in [0.1, 0.15) is 47.0 Å². The Kier molecular flexibility index (Phi) is 4.14. The molecule has 0 aromatic rings. The molecule has 0 heterocycles. The number of nitrogens with one attached hydrogen (secondary N) is 1. The highest BCUT2D eigenvalue weighted by Crippen LogP contribution is 2.33. The van der Waals surface area contributed by atoms with Crippen LogP contribution in [0.15, 0.2) is 0 Å². The molecule has 0 saturated heterocycles. The van der Waals surface area contributed by atoms with E-state index in [9.17, 15) is 4.79 Å². The Morgan fingerprint density at radius 3 is 2.47 bits per heavy atom. The fourth-order valence-electron chi connectivity index (χ4n) is 1.47. The largest absolute Gasteiger partial charge is 0.446 e. The normalized spacial score (nSPS) is 18.7. The van der Waals surface area contributed by atoms with Crippen molar-refractivity contribution in [3.8, 4) is 0 Å². The monoisotopic (exact) mass is 213 g/mol. The third-order valence-corrected chi connectivity index (χ3v) is 2.56. The smallest absolute Gasteiger partial charge is 0.304 e. The molecule has 3 nitrogen and oxygen atoms in total. The third-order valence-electron chi connectivity index (χ3n) is 2.56. The molecule has 1 unspecified atom stereocenters. The van der Waals surface area contributed by atoms with Crippen molar-refractivity contribution < 1.29 is 9.53 Å². The summed E-state index contributed by atoms with van der Waals surface area (Å²) in [5.74, 6) is 0.365. The molecule has 0 spiro atoms. The molecule has 1 N–H and O–H groups in total. The highest BCUT2D eigenvalue weighted by Gasteiger charge is 2.33. The molecule has 0 amide bonds. The number of hydrogen-bond acceptors (Lipinski definition) is 3. The Bertz CT molecular complexity index is 216. The predicted octanol–water partition coefficient (Wildman–Crippen LogP) is 2.31. The van der Waals surface area contributed by atoms with Gasteiger partial charge in [-0.25, -0.2) is 0 Å². The number of esters is 1. The van der Waals surface area contributed by atoms with Gasteiger partial charge in [0.2, 0.25) is 0 Å². The van der Waals surface area contributed by atoms with Crippen LogP contribution in [0, 0.1) is 11.3 Å². The second-order valence-corrected chi connectivity index (χ2v) is 5.63. The standard InChI is InChI=1S/C12H23NO2/c1-9(14)15-11(10-5-6-10)13-8-7-12(2,3)4/h10-11,13H,5-8H2,1-4H3. The van der Waals surface area contributed by atoms with Crippen LogP contribution in [-0.4, -0.2) is 18.7 Å². The van der Waals surface area contributed by atoms with Gasteiger partial charge in [-0.1, -0.05) is 20.8 Å². The molecule has 0 radical (unpaired) electrons. The number of rotatable bonds is 5. The molecule has 1 aliphatic rings. The summed E-state index contributed by atoms with van der Waals surface area (Å²) in [6, 6.07) is 0. The molecule has 3 heteroatoms. The minimum absolute atomic E-state index is 0.0511. The van der Waals surface area contributed by atoms with Gasteiger partial charge in [-0.3, -0.25) is 10.1 Å². The molecule has 0 bridgehead atoms. The minimum atomic E-state index is -0.185. The van der Waals surface area contributed by atoms with Crippen molar-refractivity contribution in [2.75, 3.05) is 6.54 Å². The lowest BCUT2D eigenvalue weighted by Gasteiger charge is -2.22. The zero-order valence-electron chi connectivity index (χ0n) is 10.3. The molecule has 0 aliphatic heterocycles. The van der Waals surface area contributed by atoms with Crippen molar-refractivity contribution in [3.05, 3.63) is 0 Å². The SMILES string of the molecule is CC(=O)OC(NCCC(C)(C)C)C1CC1. The van der Waals surface area contributed by atoms with E-state index in [4.69, 9.17) is 4.74 Å². The van der Waals surface area contributed by atoms with E-state index in [2.05, 4.69) is 26.1 Å². The number of carbonyl (C=O) groups excluding carboxylic acids is 1. The Morgan fingerprint density at radius 1 is 1.47 bits per heavy atom. The Hall–Kier alpha value is -0.570. The van der Waals surface area contributed by atoms with Gasteiger partial charge in [0, 0.05) is 12.8 Å². The molecule has 0 aromatic heterocycles. The van der Waals surface area contributed by atoms with Crippen LogP contribution in [0.25, 0.3) is 0 Å². The van der Waals surface area contributed by atoms with Crippen LogP contribution in [0.4, 0.5) is 0 Å². The quantitative estimate of drug-likeness (QED) is 0.562. The van der Waals surface area contributed by atoms with Crippen molar-refractivity contribution in [1.29, 1.82) is 0 Å². The van der Waals surface area contributed by atoms with Crippen molar-refractivity contribution in [2.45, 2.75) is 53.2 Å². The van der Waals surface area contributed by atoms with Gasteiger partial charge < -0.3 is 4.74 Å². The van der Waals surface area contributed by atoms with Gasteiger partial charge in [0.05, 0.1) is 0 Å². The van der Waals surface area contributed by atoms with Crippen molar-refractivity contribution in [3.63, 3.8) is 0 Å². The highest BCUT2D eigenvalue weighted by atomic mass is 16.6. The molecule has 1 saturated carbocycles. The number of hydrogen-bond donors (Lipinski definition) is 1. The first kappa shape index (κ1) is 12.5. The molecule has 1 rings (SSSR count). The first-order chi connectivity index (χ1) is 6.88. The Labute approximate surface area is 92.6 Å². The van der Waals surface area contributed by atoms with Gasteiger partial charge in [0.1, 0.15) is 0 Å². The second-order valence-electron chi connectivity index (χ2n) is 5.63. The molecular weight excluding hydrogens is 190 g/mol. The summed E-state index contributed by atoms with van der Waals surface area (Å²) >= 11 is 0. The van der Waals surface area contributed by atoms with Crippen LogP contribution in [-0.2, 0) is 9.53 Å². The lowest BCUT2D eigenvalue weighted by Crippen LogP contribution is -2.37. The topological polar surface area (TPSA) is 38.3 Å². The van der Waals surface area contributed by atoms with Crippen LogP contribution in [0.2, 0.25) is 0 Å². The van der Waals surface area contributed by atoms with Gasteiger partial charge in [0.25, 0.3) is 0 Å². The summed E-state index contributed by atoms with van der Waals surface area (Å²) < 4.78 is 5.24. The zero-order valence-corrected chi connectivity index (χ0v) is 10.3. The number of carbonyl (C=O) groups is 1. The fourth-order valence-corrected chi connectivity index (χ4v) is 1.47. The maximum atomic E-state index is 10.9. The van der Waals surface area contributed by atoms with Gasteiger partial charge in [-0.05, 0) is 31.2 Å². The maximum Gasteiger partial charge on any atom is 0.304 e. The molecule has 1 fully saturated rings. The zero-order chi connectivity index (χ0) is 11.5. The molecule has 0 aromatic carbocycles. The van der Waals surface area contributed by atoms with Crippen LogP contribution in [0.5, 0.6) is 0 Å². The summed E-state index contributed by atoms with van der Waals surface area (Å²) in [5.41, 5.74) is 0.331. The van der Waals surface area contributed by atoms with Crippen molar-refractivity contribution >= 4 is 5.97 Å². The summed E-state index contributed by atoms with van der Waals surface area (Å²) in [5, 5.41) is 3.33. The fraction of sp³-hybridized carbons (Fsp3) is 0.917. The van der Waals surface area contributed by atoms with Crippen molar-refractivity contribution in [2.24, 2.45) is 11.3 Å². The first-order valence-corrected chi connectivity index (χ1v) is 5.79. The van der Waals surface area contributed by atoms with E-state index in [1.54, 1.807) is 0 Å². The third kappa shape index (κ3) is 5.78. The van der Waals surface area contributed by atoms with Gasteiger partial charge in [-0.2, -0.15) is 0 Å². The van der Waals surface area contributed by atoms with E-state index in [0.29, 0.717) is 11.3 Å². The maximum absolute atomic E-state index is 10.9. The van der Waals surface area contributed by atoms with Crippen LogP contribution in [0.3, 0.4) is 0 Å². The predicted molar refractivity (Wildman–Crippen MR) is 60.4 cm³/mol. The Morgan fingerprint density at radius 2 is 2.07 bits per heavy atom. The lowest BCUT2D eigenvalue weighted by atomic mass is 9.92. The average molecular weight is 213 g/mol. The summed E-state index contributed by atoms with van der Waals surface area (Å²) in [6.45, 7) is 9.03. The van der Waals surface area contributed by atoms with Gasteiger partial charge in [0.15, 0.2) is 6.23 Å². The van der Waals surface area contributed by atoms with Crippen LogP contribution >= 0.6 is 0 Å². The lowest BCUT2D eigenvalue weighted by molar-refractivity contribution is -0.149. The van der Waals surface area contributed by atoms with Gasteiger partial charge >= 0.3 is 5.97 Å².